The van der Waals surface area contributed by atoms with Crippen LogP contribution >= 0.6 is 0 Å². The van der Waals surface area contributed by atoms with E-state index in [2.05, 4.69) is 10.00 Å². The first-order valence-corrected chi connectivity index (χ1v) is 5.95. The lowest BCUT2D eigenvalue weighted by Crippen LogP contribution is -2.48. The maximum absolute atomic E-state index is 9.38. The summed E-state index contributed by atoms with van der Waals surface area (Å²) in [6.45, 7) is 4.01. The summed E-state index contributed by atoms with van der Waals surface area (Å²) >= 11 is 0. The van der Waals surface area contributed by atoms with Gasteiger partial charge in [-0.25, -0.2) is 0 Å². The predicted molar refractivity (Wildman–Crippen MR) is 66.0 cm³/mol. The van der Waals surface area contributed by atoms with Crippen LogP contribution in [0.2, 0.25) is 0 Å². The van der Waals surface area contributed by atoms with E-state index in [-0.39, 0.29) is 12.6 Å². The number of hydrogen-bond donors (Lipinski definition) is 2. The van der Waals surface area contributed by atoms with Crippen LogP contribution in [-0.4, -0.2) is 47.3 Å². The Morgan fingerprint density at radius 1 is 1.59 bits per heavy atom. The van der Waals surface area contributed by atoms with Crippen LogP contribution < -0.4 is 10.6 Å². The Balaban J connectivity index is 2.34. The number of nitrogens with two attached hydrogens (primary N) is 1. The maximum Gasteiger partial charge on any atom is 0.150 e. The van der Waals surface area contributed by atoms with Gasteiger partial charge in [0, 0.05) is 13.6 Å². The Hall–Kier alpha value is -1.27. The molecule has 0 radical (unpaired) electrons. The second-order valence-corrected chi connectivity index (χ2v) is 4.27. The number of rotatable bonds is 3. The first-order valence-electron chi connectivity index (χ1n) is 5.95. The molecule has 1 aromatic rings. The van der Waals surface area contributed by atoms with E-state index in [1.807, 2.05) is 14.0 Å². The molecule has 1 saturated heterocycles. The lowest BCUT2D eigenvalue weighted by Gasteiger charge is -2.36. The third kappa shape index (κ3) is 2.10. The fraction of sp³-hybridized carbons (Fsp3) is 0.727. The van der Waals surface area contributed by atoms with Crippen molar-refractivity contribution in [3.05, 3.63) is 5.69 Å². The average Bonchev–Trinajstić information content (AvgIpc) is 2.64. The summed E-state index contributed by atoms with van der Waals surface area (Å²) in [5.74, 6) is 0.893. The van der Waals surface area contributed by atoms with Crippen molar-refractivity contribution in [2.75, 3.05) is 37.0 Å². The van der Waals surface area contributed by atoms with Crippen molar-refractivity contribution in [2.24, 2.45) is 7.05 Å². The molecule has 1 fully saturated rings. The number of aliphatic hydroxyl groups is 1. The number of anilines is 2. The van der Waals surface area contributed by atoms with Gasteiger partial charge in [0.1, 0.15) is 0 Å². The Morgan fingerprint density at radius 2 is 2.35 bits per heavy atom. The molecule has 1 unspecified atom stereocenters. The predicted octanol–water partition coefficient (Wildman–Crippen LogP) is -0.238. The van der Waals surface area contributed by atoms with E-state index in [0.717, 1.165) is 30.2 Å². The molecule has 6 nitrogen and oxygen atoms in total. The molecule has 96 valence electrons. The molecule has 0 saturated carbocycles. The van der Waals surface area contributed by atoms with Crippen molar-refractivity contribution in [3.8, 4) is 0 Å². The first-order chi connectivity index (χ1) is 8.19. The van der Waals surface area contributed by atoms with Crippen molar-refractivity contribution in [1.29, 1.82) is 0 Å². The molecule has 1 atom stereocenters. The van der Waals surface area contributed by atoms with E-state index in [0.29, 0.717) is 13.2 Å². The Labute approximate surface area is 101 Å². The molecule has 0 aliphatic carbocycles. The van der Waals surface area contributed by atoms with Gasteiger partial charge in [0.25, 0.3) is 0 Å². The van der Waals surface area contributed by atoms with E-state index in [1.165, 1.54) is 0 Å². The number of nitrogens with zero attached hydrogens (tertiary/aromatic N) is 3. The number of aryl methyl sites for hydroxylation is 2. The van der Waals surface area contributed by atoms with Gasteiger partial charge < -0.3 is 20.5 Å². The van der Waals surface area contributed by atoms with Gasteiger partial charge in [-0.05, 0) is 6.42 Å². The van der Waals surface area contributed by atoms with E-state index in [4.69, 9.17) is 10.5 Å². The van der Waals surface area contributed by atoms with Crippen LogP contribution in [0.15, 0.2) is 0 Å². The van der Waals surface area contributed by atoms with Gasteiger partial charge in [0.15, 0.2) is 5.82 Å². The third-order valence-corrected chi connectivity index (χ3v) is 3.17. The number of morpholine rings is 1. The Morgan fingerprint density at radius 3 is 2.94 bits per heavy atom. The van der Waals surface area contributed by atoms with Crippen molar-refractivity contribution < 1.29 is 9.84 Å². The van der Waals surface area contributed by atoms with Crippen molar-refractivity contribution in [2.45, 2.75) is 19.4 Å². The molecule has 17 heavy (non-hydrogen) atoms. The van der Waals surface area contributed by atoms with Crippen LogP contribution in [0, 0.1) is 0 Å². The molecule has 6 heteroatoms. The molecular weight excluding hydrogens is 220 g/mol. The lowest BCUT2D eigenvalue weighted by atomic mass is 10.2. The molecule has 2 heterocycles. The third-order valence-electron chi connectivity index (χ3n) is 3.17. The number of aromatic nitrogens is 2. The molecular formula is C11H20N4O2. The fourth-order valence-corrected chi connectivity index (χ4v) is 2.27. The topological polar surface area (TPSA) is 76.5 Å². The molecule has 2 rings (SSSR count). The Kier molecular flexibility index (Phi) is 3.54. The van der Waals surface area contributed by atoms with Crippen molar-refractivity contribution in [1.82, 2.24) is 9.78 Å². The quantitative estimate of drug-likeness (QED) is 0.762. The molecule has 1 aliphatic rings. The summed E-state index contributed by atoms with van der Waals surface area (Å²) in [7, 11) is 1.88. The fourth-order valence-electron chi connectivity index (χ4n) is 2.27. The summed E-state index contributed by atoms with van der Waals surface area (Å²) in [5, 5.41) is 13.8. The van der Waals surface area contributed by atoms with Gasteiger partial charge in [-0.1, -0.05) is 6.92 Å². The summed E-state index contributed by atoms with van der Waals surface area (Å²) in [4.78, 5) is 2.09. The smallest absolute Gasteiger partial charge is 0.150 e. The first kappa shape index (κ1) is 12.2. The molecule has 0 spiro atoms. The standard InChI is InChI=1S/C11H20N4O2/c1-3-9-10(12)11(14(2)13-9)15-4-5-17-7-8(15)6-16/h8,16H,3-7,12H2,1-2H3. The highest BCUT2D eigenvalue weighted by Gasteiger charge is 2.27. The van der Waals surface area contributed by atoms with Gasteiger partial charge in [-0.2, -0.15) is 5.10 Å². The zero-order valence-electron chi connectivity index (χ0n) is 10.4. The average molecular weight is 240 g/mol. The monoisotopic (exact) mass is 240 g/mol. The van der Waals surface area contributed by atoms with E-state index < -0.39 is 0 Å². The minimum atomic E-state index is -0.0360. The maximum atomic E-state index is 9.38. The van der Waals surface area contributed by atoms with Crippen LogP contribution in [0.4, 0.5) is 11.5 Å². The van der Waals surface area contributed by atoms with Crippen LogP contribution in [0.25, 0.3) is 0 Å². The Bertz CT molecular complexity index is 391. The molecule has 0 amide bonds. The van der Waals surface area contributed by atoms with Gasteiger partial charge in [-0.15, -0.1) is 0 Å². The summed E-state index contributed by atoms with van der Waals surface area (Å²) < 4.78 is 7.16. The largest absolute Gasteiger partial charge is 0.394 e. The van der Waals surface area contributed by atoms with E-state index in [9.17, 15) is 5.11 Å². The van der Waals surface area contributed by atoms with Gasteiger partial charge in [-0.3, -0.25) is 4.68 Å². The molecule has 1 aromatic heterocycles. The lowest BCUT2D eigenvalue weighted by molar-refractivity contribution is 0.0720. The summed E-state index contributed by atoms with van der Waals surface area (Å²) in [5.41, 5.74) is 7.74. The van der Waals surface area contributed by atoms with Crippen LogP contribution in [0.5, 0.6) is 0 Å². The second-order valence-electron chi connectivity index (χ2n) is 4.27. The van der Waals surface area contributed by atoms with Crippen molar-refractivity contribution >= 4 is 11.5 Å². The van der Waals surface area contributed by atoms with Crippen molar-refractivity contribution in [3.63, 3.8) is 0 Å². The highest BCUT2D eigenvalue weighted by Crippen LogP contribution is 2.29. The van der Waals surface area contributed by atoms with Crippen LogP contribution in [0.1, 0.15) is 12.6 Å². The van der Waals surface area contributed by atoms with Crippen LogP contribution in [-0.2, 0) is 18.2 Å². The van der Waals surface area contributed by atoms with Gasteiger partial charge in [0.05, 0.1) is 37.2 Å². The zero-order valence-corrected chi connectivity index (χ0v) is 10.4. The normalized spacial score (nSPS) is 20.9. The van der Waals surface area contributed by atoms with E-state index in [1.54, 1.807) is 4.68 Å². The number of ether oxygens (including phenoxy) is 1. The summed E-state index contributed by atoms with van der Waals surface area (Å²) in [6.07, 6.45) is 0.813. The molecule has 0 aromatic carbocycles. The highest BCUT2D eigenvalue weighted by molar-refractivity contribution is 5.67. The van der Waals surface area contributed by atoms with Crippen LogP contribution in [0.3, 0.4) is 0 Å². The number of nitrogen functional groups attached to an aromatic ring is 1. The summed E-state index contributed by atoms with van der Waals surface area (Å²) in [6, 6.07) is -0.0360. The SMILES string of the molecule is CCc1nn(C)c(N2CCOCC2CO)c1N. The molecule has 3 N–H and O–H groups in total. The second kappa shape index (κ2) is 4.93. The number of hydrogen-bond acceptors (Lipinski definition) is 5. The minimum Gasteiger partial charge on any atom is -0.394 e. The van der Waals surface area contributed by atoms with Gasteiger partial charge in [0.2, 0.25) is 0 Å². The van der Waals surface area contributed by atoms with Gasteiger partial charge >= 0.3 is 0 Å². The highest BCUT2D eigenvalue weighted by atomic mass is 16.5. The zero-order chi connectivity index (χ0) is 12.4. The van der Waals surface area contributed by atoms with E-state index >= 15 is 0 Å². The minimum absolute atomic E-state index is 0.0360. The molecule has 0 bridgehead atoms. The number of aliphatic hydroxyl groups excluding tert-OH is 1. The molecule has 1 aliphatic heterocycles.